The van der Waals surface area contributed by atoms with Gasteiger partial charge in [0.2, 0.25) is 0 Å². The van der Waals surface area contributed by atoms with E-state index < -0.39 is 10.0 Å². The monoisotopic (exact) mass is 905 g/mol. The molecule has 0 bridgehead atoms. The first kappa shape index (κ1) is 27.4. The lowest BCUT2D eigenvalue weighted by Gasteiger charge is -2.24. The summed E-state index contributed by atoms with van der Waals surface area (Å²) in [6.07, 6.45) is 0. The van der Waals surface area contributed by atoms with Crippen molar-refractivity contribution >= 4 is 333 Å². The number of pyridine rings is 1. The number of nitrogens with zero attached hydrogens (tertiary/aromatic N) is 1. The third-order valence-electron chi connectivity index (χ3n) is 24.2. The van der Waals surface area contributed by atoms with Crippen molar-refractivity contribution in [1.29, 1.82) is 0 Å². The van der Waals surface area contributed by atoms with Crippen molar-refractivity contribution in [2.75, 3.05) is 7.11 Å². The van der Waals surface area contributed by atoms with E-state index in [-0.39, 0.29) is 0 Å². The van der Waals surface area contributed by atoms with Crippen LogP contribution in [0.5, 0.6) is 5.75 Å². The predicted molar refractivity (Wildman–Crippen MR) is 303 cm³/mol. The van der Waals surface area contributed by atoms with Crippen LogP contribution in [0.1, 0.15) is 0 Å². The fraction of sp³-hybridized carbons (Fsp3) is 0.0149. The minimum absolute atomic E-state index is 0.309. The molecule has 304 valence electrons. The molecule has 5 heteroatoms. The number of fused-ring (bicyclic) bond motifs is 5. The summed E-state index contributed by atoms with van der Waals surface area (Å²) in [6, 6.07) is 7.28. The first-order valence-electron chi connectivity index (χ1n) is 25.9. The number of benzene rings is 20. The molecule has 0 spiro atoms. The zero-order valence-electron chi connectivity index (χ0n) is 36.4. The molecule has 1 heterocycles. The van der Waals surface area contributed by atoms with Gasteiger partial charge in [0.1, 0.15) is 5.75 Å². The van der Waals surface area contributed by atoms with Gasteiger partial charge in [0.15, 0.2) is 0 Å². The Labute approximate surface area is 390 Å². The van der Waals surface area contributed by atoms with Crippen molar-refractivity contribution in [3.63, 3.8) is 0 Å². The summed E-state index contributed by atoms with van der Waals surface area (Å²) >= 11 is 0. The number of hydrogen-bond donors (Lipinski definition) is 0. The largest absolute Gasteiger partial charge is 0.497 e. The Morgan fingerprint density at radius 3 is 0.528 bits per heavy atom. The average molecular weight is 906 g/mol. The minimum Gasteiger partial charge on any atom is -0.497 e. The third-order valence-corrected chi connectivity index (χ3v) is 25.9. The second-order valence-electron chi connectivity index (χ2n) is 24.9. The third kappa shape index (κ3) is 1.53. The van der Waals surface area contributed by atoms with Gasteiger partial charge in [-0.2, -0.15) is 0 Å². The van der Waals surface area contributed by atoms with E-state index in [0.29, 0.717) is 10.6 Å². The fourth-order valence-electron chi connectivity index (χ4n) is 23.6. The molecule has 0 amide bonds. The summed E-state index contributed by atoms with van der Waals surface area (Å²) < 4.78 is 41.5. The molecular weight excluding hydrogens is 899 g/mol. The van der Waals surface area contributed by atoms with Crippen LogP contribution in [0.25, 0.3) is 323 Å². The molecule has 0 radical (unpaired) electrons. The van der Waals surface area contributed by atoms with Crippen LogP contribution in [0.3, 0.4) is 0 Å². The molecule has 31 aromatic carbocycles. The molecule has 0 aliphatic carbocycles. The number of methoxy groups -OCH3 is 1. The maximum atomic E-state index is 16.9. The summed E-state index contributed by atoms with van der Waals surface area (Å²) in [7, 11) is -2.59. The van der Waals surface area contributed by atoms with E-state index >= 15 is 8.42 Å². The molecule has 0 saturated carbocycles. The number of hydrogen-bond acceptors (Lipinski definition) is 3. The lowest BCUT2D eigenvalue weighted by Crippen LogP contribution is -2.16. The Hall–Kier alpha value is -9.03. The van der Waals surface area contributed by atoms with Crippen LogP contribution in [-0.4, -0.2) is 19.5 Å². The molecule has 72 heavy (non-hydrogen) atoms. The van der Waals surface area contributed by atoms with E-state index in [9.17, 15) is 0 Å². The Bertz CT molecular complexity index is 7440. The second kappa shape index (κ2) is 6.32. The number of ether oxygens (including phenoxy) is 1. The van der Waals surface area contributed by atoms with Crippen molar-refractivity contribution in [2.45, 2.75) is 4.90 Å². The van der Waals surface area contributed by atoms with Gasteiger partial charge in [-0.3, -0.25) is 0 Å². The Morgan fingerprint density at radius 1 is 0.236 bits per heavy atom. The quantitative estimate of drug-likeness (QED) is 0.131. The summed E-state index contributed by atoms with van der Waals surface area (Å²) in [4.78, 5) is 0.309. The normalized spacial score (nSPS) is 17.1. The van der Waals surface area contributed by atoms with Crippen molar-refractivity contribution in [2.24, 2.45) is 0 Å². The van der Waals surface area contributed by atoms with E-state index in [1.807, 2.05) is 16.1 Å². The highest BCUT2D eigenvalue weighted by atomic mass is 32.2. The Balaban J connectivity index is 1.19. The smallest absolute Gasteiger partial charge is 0.268 e. The average Bonchev–Trinajstić information content (AvgIpc) is 4.28. The van der Waals surface area contributed by atoms with Crippen LogP contribution >= 0.6 is 0 Å². The molecule has 0 N–H and O–H groups in total. The lowest BCUT2D eigenvalue weighted by atomic mass is 9.84. The van der Waals surface area contributed by atoms with Crippen LogP contribution in [0.4, 0.5) is 0 Å². The van der Waals surface area contributed by atoms with Gasteiger partial charge in [0.05, 0.1) is 23.0 Å². The molecule has 0 atom stereocenters. The summed E-state index contributed by atoms with van der Waals surface area (Å²) in [6.45, 7) is 0. The van der Waals surface area contributed by atoms with E-state index in [1.54, 1.807) is 116 Å². The maximum absolute atomic E-state index is 16.9. The van der Waals surface area contributed by atoms with Gasteiger partial charge in [-0.05, 0) is 24.3 Å². The highest BCUT2D eigenvalue weighted by Crippen LogP contribution is 2.80. The van der Waals surface area contributed by atoms with E-state index in [1.165, 1.54) is 215 Å². The Morgan fingerprint density at radius 2 is 0.375 bits per heavy atom. The van der Waals surface area contributed by atoms with Gasteiger partial charge in [-0.1, -0.05) is 0 Å². The zero-order chi connectivity index (χ0) is 43.4. The van der Waals surface area contributed by atoms with E-state index in [0.717, 1.165) is 11.0 Å². The van der Waals surface area contributed by atoms with Gasteiger partial charge in [-0.25, -0.2) is 12.4 Å². The molecule has 0 fully saturated rings. The van der Waals surface area contributed by atoms with Crippen LogP contribution in [0, 0.1) is 0 Å². The lowest BCUT2D eigenvalue weighted by molar-refractivity contribution is 0.414. The van der Waals surface area contributed by atoms with Crippen molar-refractivity contribution in [1.82, 2.24) is 3.97 Å². The molecule has 1 aromatic heterocycles. The second-order valence-corrected chi connectivity index (χ2v) is 26.7. The minimum atomic E-state index is -4.25. The van der Waals surface area contributed by atoms with Crippen LogP contribution in [0.2, 0.25) is 0 Å². The Kier molecular flexibility index (Phi) is 2.40. The first-order chi connectivity index (χ1) is 35.7. The van der Waals surface area contributed by atoms with Gasteiger partial charge < -0.3 is 4.74 Å². The van der Waals surface area contributed by atoms with Crippen molar-refractivity contribution in [3.8, 4) is 5.75 Å². The SMILES string of the molecule is COc1ccc(S(=O)(=O)n2c3c4c5c6c7c8c9c%10c%11c%12c%13c%10c%10c8c8c%14c%10c%10c%13c%13c%15c%12c%12c%16c%11c%11c9c7c7c9c%11c%16c%11c%16c%12c%15c%12c%15c%13c%10c%10c%14c(c4c86)c4c%10c%15c6c%12c%16c8c%11c9c(c75)c3c8c6c42)cc1. The van der Waals surface area contributed by atoms with Crippen LogP contribution in [0.15, 0.2) is 29.2 Å². The topological polar surface area (TPSA) is 48.3 Å². The molecule has 0 aliphatic heterocycles. The van der Waals surface area contributed by atoms with Gasteiger partial charge in [0, 0.05) is 312 Å². The molecule has 32 aromatic rings. The van der Waals surface area contributed by atoms with Crippen molar-refractivity contribution in [3.05, 3.63) is 24.3 Å². The molecule has 0 saturated heterocycles. The highest BCUT2D eigenvalue weighted by Gasteiger charge is 2.51. The van der Waals surface area contributed by atoms with E-state index in [4.69, 9.17) is 4.74 Å². The fourth-order valence-corrected chi connectivity index (χ4v) is 25.1. The maximum Gasteiger partial charge on any atom is 0.268 e. The molecule has 0 aliphatic rings. The van der Waals surface area contributed by atoms with Crippen LogP contribution in [-0.2, 0) is 10.0 Å². The summed E-state index contributed by atoms with van der Waals surface area (Å²) in [5, 5.41) is 84.8. The number of aromatic nitrogens is 1. The van der Waals surface area contributed by atoms with E-state index in [2.05, 4.69) is 0 Å². The summed E-state index contributed by atoms with van der Waals surface area (Å²) in [5.41, 5.74) is 1.84. The van der Waals surface area contributed by atoms with Crippen LogP contribution < -0.4 is 4.74 Å². The summed E-state index contributed by atoms with van der Waals surface area (Å²) in [5.74, 6) is 0.655. The van der Waals surface area contributed by atoms with Crippen molar-refractivity contribution < 1.29 is 13.2 Å². The standard InChI is InChI=1S/C67H7NO3S/c1-71-6-2-4-7(5-3-6)72(69,70)68-66-62-55-48-36-28-19-10-8-9-11-14(10)23-30(28)38-39-31(23)29-20(11)22-18-13(9)16-15-12(8)17-21(19)34(36)42-40-26(17)24(15)32-33-25(16)27(18)41-43-35(22)37(29)49-51(39)60(59(62)50(38)48)63-56(49)54(43)58-47(41)45(33)52-44(32)46(40)57(53(42)55)64(66)61(52)65(58)67(63)68/h2-5H,1H3. The highest BCUT2D eigenvalue weighted by molar-refractivity contribution is 7.90. The molecule has 0 unspecified atom stereocenters. The first-order valence-corrected chi connectivity index (χ1v) is 27.3. The predicted octanol–water partition coefficient (Wildman–Crippen LogP) is 18.3. The van der Waals surface area contributed by atoms with Gasteiger partial charge in [0.25, 0.3) is 10.0 Å². The molecule has 4 nitrogen and oxygen atoms in total. The van der Waals surface area contributed by atoms with Gasteiger partial charge >= 0.3 is 0 Å². The number of rotatable bonds is 3. The zero-order valence-corrected chi connectivity index (χ0v) is 37.2. The van der Waals surface area contributed by atoms with Gasteiger partial charge in [-0.15, -0.1) is 0 Å². The molecular formula is C67H7NO3S. The molecule has 32 rings (SSSR count).